The fourth-order valence-corrected chi connectivity index (χ4v) is 2.65. The van der Waals surface area contributed by atoms with Crippen molar-refractivity contribution < 1.29 is 9.21 Å². The maximum atomic E-state index is 12.5. The number of benzene rings is 2. The normalized spacial score (nSPS) is 11.1. The zero-order valence-electron chi connectivity index (χ0n) is 15.5. The van der Waals surface area contributed by atoms with Crippen LogP contribution < -0.4 is 5.32 Å². The first-order valence-corrected chi connectivity index (χ1v) is 8.63. The molecule has 0 saturated heterocycles. The number of hydrogen-bond donors (Lipinski definition) is 1. The van der Waals surface area contributed by atoms with Crippen molar-refractivity contribution in [2.45, 2.75) is 20.8 Å². The lowest BCUT2D eigenvalue weighted by atomic mass is 10.1. The van der Waals surface area contributed by atoms with Crippen LogP contribution in [0.1, 0.15) is 22.5 Å². The first-order valence-electron chi connectivity index (χ1n) is 8.63. The molecule has 0 atom stereocenters. The molecule has 1 N–H and O–H groups in total. The highest BCUT2D eigenvalue weighted by molar-refractivity contribution is 6.09. The maximum absolute atomic E-state index is 12.5. The summed E-state index contributed by atoms with van der Waals surface area (Å²) in [5, 5.41) is 12.2. The van der Waals surface area contributed by atoms with Crippen LogP contribution in [0.5, 0.6) is 0 Å². The molecule has 4 heteroatoms. The Kier molecular flexibility index (Phi) is 5.23. The standard InChI is InChI=1S/C23H20N2O2/c1-15-5-8-18(9-6-15)22-11-10-20(27-22)13-19(14-24)23(26)25-21-12-16(2)4-7-17(21)3/h4-13H,1-3H3,(H,25,26)/b19-13+. The summed E-state index contributed by atoms with van der Waals surface area (Å²) in [6.07, 6.45) is 1.46. The number of hydrogen-bond acceptors (Lipinski definition) is 3. The van der Waals surface area contributed by atoms with E-state index in [1.807, 2.05) is 75.4 Å². The van der Waals surface area contributed by atoms with Crippen molar-refractivity contribution in [2.24, 2.45) is 0 Å². The summed E-state index contributed by atoms with van der Waals surface area (Å²) in [6.45, 7) is 5.88. The van der Waals surface area contributed by atoms with E-state index >= 15 is 0 Å². The zero-order chi connectivity index (χ0) is 19.4. The van der Waals surface area contributed by atoms with Gasteiger partial charge in [0.2, 0.25) is 0 Å². The zero-order valence-corrected chi connectivity index (χ0v) is 15.5. The largest absolute Gasteiger partial charge is 0.457 e. The lowest BCUT2D eigenvalue weighted by molar-refractivity contribution is -0.112. The number of carbonyl (C=O) groups excluding carboxylic acids is 1. The number of carbonyl (C=O) groups is 1. The van der Waals surface area contributed by atoms with Crippen LogP contribution in [0.4, 0.5) is 5.69 Å². The summed E-state index contributed by atoms with van der Waals surface area (Å²) in [5.41, 5.74) is 4.76. The number of nitrogens with zero attached hydrogens (tertiary/aromatic N) is 1. The third-order valence-corrected chi connectivity index (χ3v) is 4.26. The van der Waals surface area contributed by atoms with E-state index in [-0.39, 0.29) is 5.57 Å². The number of furan rings is 1. The number of rotatable bonds is 4. The van der Waals surface area contributed by atoms with Gasteiger partial charge < -0.3 is 9.73 Å². The van der Waals surface area contributed by atoms with Crippen LogP contribution in [0.3, 0.4) is 0 Å². The SMILES string of the molecule is Cc1ccc(-c2ccc(/C=C(\C#N)C(=O)Nc3cc(C)ccc3C)o2)cc1. The minimum atomic E-state index is -0.459. The number of nitriles is 1. The average Bonchev–Trinajstić information content (AvgIpc) is 3.12. The Morgan fingerprint density at radius 1 is 1.00 bits per heavy atom. The Morgan fingerprint density at radius 2 is 1.70 bits per heavy atom. The number of aryl methyl sites for hydroxylation is 3. The molecule has 0 saturated carbocycles. The Labute approximate surface area is 158 Å². The molecule has 0 radical (unpaired) electrons. The van der Waals surface area contributed by atoms with Gasteiger partial charge in [0, 0.05) is 17.3 Å². The first-order chi connectivity index (χ1) is 13.0. The van der Waals surface area contributed by atoms with E-state index in [1.54, 1.807) is 6.07 Å². The molecular formula is C23H20N2O2. The van der Waals surface area contributed by atoms with Gasteiger partial charge in [-0.15, -0.1) is 0 Å². The number of anilines is 1. The molecule has 2 aromatic carbocycles. The Bertz CT molecular complexity index is 1050. The van der Waals surface area contributed by atoms with Crippen molar-refractivity contribution in [2.75, 3.05) is 5.32 Å². The van der Waals surface area contributed by atoms with Crippen molar-refractivity contribution in [1.29, 1.82) is 5.26 Å². The van der Waals surface area contributed by atoms with E-state index in [2.05, 4.69) is 5.32 Å². The summed E-state index contributed by atoms with van der Waals surface area (Å²) in [5.74, 6) is 0.686. The van der Waals surface area contributed by atoms with E-state index < -0.39 is 5.91 Å². The highest BCUT2D eigenvalue weighted by atomic mass is 16.3. The highest BCUT2D eigenvalue weighted by Gasteiger charge is 2.12. The predicted molar refractivity (Wildman–Crippen MR) is 107 cm³/mol. The average molecular weight is 356 g/mol. The van der Waals surface area contributed by atoms with Gasteiger partial charge in [-0.1, -0.05) is 42.0 Å². The molecule has 0 aliphatic heterocycles. The predicted octanol–water partition coefficient (Wildman–Crippen LogP) is 5.42. The van der Waals surface area contributed by atoms with Gasteiger partial charge >= 0.3 is 0 Å². The quantitative estimate of drug-likeness (QED) is 0.501. The second kappa shape index (κ2) is 7.76. The van der Waals surface area contributed by atoms with Crippen LogP contribution in [-0.4, -0.2) is 5.91 Å². The second-order valence-corrected chi connectivity index (χ2v) is 6.51. The molecule has 0 aliphatic carbocycles. The molecule has 0 fully saturated rings. The van der Waals surface area contributed by atoms with E-state index in [0.29, 0.717) is 17.2 Å². The molecule has 1 aromatic heterocycles. The Balaban J connectivity index is 1.82. The molecule has 1 amide bonds. The lowest BCUT2D eigenvalue weighted by Crippen LogP contribution is -2.14. The molecule has 0 unspecified atom stereocenters. The van der Waals surface area contributed by atoms with Crippen LogP contribution in [0, 0.1) is 32.1 Å². The van der Waals surface area contributed by atoms with E-state index in [4.69, 9.17) is 4.42 Å². The van der Waals surface area contributed by atoms with Crippen molar-refractivity contribution in [3.05, 3.63) is 82.6 Å². The van der Waals surface area contributed by atoms with Gasteiger partial charge in [0.25, 0.3) is 5.91 Å². The summed E-state index contributed by atoms with van der Waals surface area (Å²) >= 11 is 0. The van der Waals surface area contributed by atoms with E-state index in [0.717, 1.165) is 16.7 Å². The van der Waals surface area contributed by atoms with E-state index in [9.17, 15) is 10.1 Å². The third kappa shape index (κ3) is 4.34. The minimum absolute atomic E-state index is 0.0132. The Morgan fingerprint density at radius 3 is 2.41 bits per heavy atom. The van der Waals surface area contributed by atoms with Crippen molar-refractivity contribution >= 4 is 17.7 Å². The number of nitrogens with one attached hydrogen (secondary N) is 1. The van der Waals surface area contributed by atoms with Crippen molar-refractivity contribution in [1.82, 2.24) is 0 Å². The van der Waals surface area contributed by atoms with Crippen molar-refractivity contribution in [3.8, 4) is 17.4 Å². The molecule has 1 heterocycles. The van der Waals surface area contributed by atoms with Crippen LogP contribution in [-0.2, 0) is 4.79 Å². The van der Waals surface area contributed by atoms with Crippen LogP contribution in [0.2, 0.25) is 0 Å². The fourth-order valence-electron chi connectivity index (χ4n) is 2.65. The van der Waals surface area contributed by atoms with Gasteiger partial charge in [0.1, 0.15) is 23.2 Å². The van der Waals surface area contributed by atoms with Crippen LogP contribution in [0.15, 0.2) is 64.6 Å². The smallest absolute Gasteiger partial charge is 0.266 e. The first kappa shape index (κ1) is 18.2. The monoisotopic (exact) mass is 356 g/mol. The molecule has 0 spiro atoms. The summed E-state index contributed by atoms with van der Waals surface area (Å²) in [4.78, 5) is 12.5. The molecule has 27 heavy (non-hydrogen) atoms. The van der Waals surface area contributed by atoms with Gasteiger partial charge in [0.05, 0.1) is 0 Å². The molecule has 3 aromatic rings. The summed E-state index contributed by atoms with van der Waals surface area (Å²) in [6, 6.07) is 19.3. The second-order valence-electron chi connectivity index (χ2n) is 6.51. The molecule has 0 aliphatic rings. The number of amides is 1. The molecule has 3 rings (SSSR count). The summed E-state index contributed by atoms with van der Waals surface area (Å²) < 4.78 is 5.78. The highest BCUT2D eigenvalue weighted by Crippen LogP contribution is 2.24. The lowest BCUT2D eigenvalue weighted by Gasteiger charge is -2.08. The van der Waals surface area contributed by atoms with Gasteiger partial charge in [0.15, 0.2) is 0 Å². The third-order valence-electron chi connectivity index (χ3n) is 4.26. The van der Waals surface area contributed by atoms with Crippen molar-refractivity contribution in [3.63, 3.8) is 0 Å². The van der Waals surface area contributed by atoms with Gasteiger partial charge in [-0.05, 0) is 50.1 Å². The fraction of sp³-hybridized carbons (Fsp3) is 0.130. The van der Waals surface area contributed by atoms with Crippen LogP contribution in [0.25, 0.3) is 17.4 Å². The van der Waals surface area contributed by atoms with Gasteiger partial charge in [-0.2, -0.15) is 5.26 Å². The van der Waals surface area contributed by atoms with E-state index in [1.165, 1.54) is 11.6 Å². The van der Waals surface area contributed by atoms with Crippen LogP contribution >= 0.6 is 0 Å². The molecule has 0 bridgehead atoms. The molecule has 4 nitrogen and oxygen atoms in total. The maximum Gasteiger partial charge on any atom is 0.266 e. The minimum Gasteiger partial charge on any atom is -0.457 e. The molecule has 134 valence electrons. The van der Waals surface area contributed by atoms with Gasteiger partial charge in [-0.3, -0.25) is 4.79 Å². The molecular weight excluding hydrogens is 336 g/mol. The van der Waals surface area contributed by atoms with Gasteiger partial charge in [-0.25, -0.2) is 0 Å². The Hall–Kier alpha value is -3.58. The summed E-state index contributed by atoms with van der Waals surface area (Å²) in [7, 11) is 0. The topological polar surface area (TPSA) is 66.0 Å².